The normalized spacial score (nSPS) is 28.8. The number of carboxylic acids is 1. The first-order valence-corrected chi connectivity index (χ1v) is 9.59. The predicted molar refractivity (Wildman–Crippen MR) is 97.4 cm³/mol. The molecule has 2 aliphatic rings. The second-order valence-electron chi connectivity index (χ2n) is 7.30. The highest BCUT2D eigenvalue weighted by Crippen LogP contribution is 2.42. The van der Waals surface area contributed by atoms with E-state index in [1.54, 1.807) is 11.3 Å². The van der Waals surface area contributed by atoms with Crippen LogP contribution in [0.1, 0.15) is 24.8 Å². The third-order valence-electron chi connectivity index (χ3n) is 5.99. The Morgan fingerprint density at radius 1 is 1.33 bits per heavy atom. The van der Waals surface area contributed by atoms with Crippen molar-refractivity contribution in [1.82, 2.24) is 9.80 Å². The standard InChI is InChI=1S/C19H24N2O2S/c1-20-9-4-7-19(18(22)23)8-10-21(12-17(19)20)11-14-13-24-16-6-3-2-5-15(14)16/h2-3,5-6,13,17H,4,7-12H2,1H3,(H,22,23)/t17-,19+/m1/s1. The number of benzene rings is 1. The average Bonchev–Trinajstić information content (AvgIpc) is 2.99. The molecule has 0 saturated carbocycles. The van der Waals surface area contributed by atoms with Crippen LogP contribution < -0.4 is 0 Å². The lowest BCUT2D eigenvalue weighted by atomic mass is 9.68. The van der Waals surface area contributed by atoms with E-state index in [1.165, 1.54) is 15.6 Å². The van der Waals surface area contributed by atoms with Crippen LogP contribution in [0.4, 0.5) is 0 Å². The largest absolute Gasteiger partial charge is 0.481 e. The number of fused-ring (bicyclic) bond motifs is 2. The van der Waals surface area contributed by atoms with Crippen molar-refractivity contribution in [2.24, 2.45) is 5.41 Å². The van der Waals surface area contributed by atoms with Gasteiger partial charge in [0.1, 0.15) is 0 Å². The summed E-state index contributed by atoms with van der Waals surface area (Å²) in [6, 6.07) is 8.67. The fourth-order valence-corrected chi connectivity index (χ4v) is 5.54. The number of piperidine rings is 2. The fraction of sp³-hybridized carbons (Fsp3) is 0.526. The zero-order chi connectivity index (χ0) is 16.7. The Bertz CT molecular complexity index is 759. The van der Waals surface area contributed by atoms with Crippen molar-refractivity contribution in [3.63, 3.8) is 0 Å². The maximum Gasteiger partial charge on any atom is 0.311 e. The summed E-state index contributed by atoms with van der Waals surface area (Å²) in [5.74, 6) is -0.598. The van der Waals surface area contributed by atoms with Crippen molar-refractivity contribution in [3.05, 3.63) is 35.2 Å². The van der Waals surface area contributed by atoms with Crippen molar-refractivity contribution < 1.29 is 9.90 Å². The van der Waals surface area contributed by atoms with Gasteiger partial charge in [0, 0.05) is 23.8 Å². The SMILES string of the molecule is CN1CCC[C@]2(C(=O)O)CCN(Cc3csc4ccccc34)C[C@@H]12. The Morgan fingerprint density at radius 3 is 3.00 bits per heavy atom. The van der Waals surface area contributed by atoms with Crippen LogP contribution in [0, 0.1) is 5.41 Å². The molecule has 3 heterocycles. The molecule has 1 N–H and O–H groups in total. The number of likely N-dealkylation sites (tertiary alicyclic amines) is 2. The second kappa shape index (κ2) is 6.14. The third kappa shape index (κ3) is 2.55. The lowest BCUT2D eigenvalue weighted by Crippen LogP contribution is -2.62. The molecule has 0 unspecified atom stereocenters. The molecule has 128 valence electrons. The van der Waals surface area contributed by atoms with E-state index in [0.29, 0.717) is 0 Å². The number of aliphatic carboxylic acids is 1. The van der Waals surface area contributed by atoms with Crippen LogP contribution >= 0.6 is 11.3 Å². The van der Waals surface area contributed by atoms with Gasteiger partial charge in [0.05, 0.1) is 5.41 Å². The molecule has 24 heavy (non-hydrogen) atoms. The smallest absolute Gasteiger partial charge is 0.311 e. The minimum atomic E-state index is -0.598. The number of nitrogens with zero attached hydrogens (tertiary/aromatic N) is 2. The van der Waals surface area contributed by atoms with Gasteiger partial charge in [0.25, 0.3) is 0 Å². The Labute approximate surface area is 146 Å². The fourth-order valence-electron chi connectivity index (χ4n) is 4.58. The van der Waals surface area contributed by atoms with Gasteiger partial charge in [0.2, 0.25) is 0 Å². The quantitative estimate of drug-likeness (QED) is 0.928. The molecule has 2 aromatic rings. The predicted octanol–water partition coefficient (Wildman–Crippen LogP) is 3.27. The molecule has 0 amide bonds. The lowest BCUT2D eigenvalue weighted by molar-refractivity contribution is -0.162. The molecular formula is C19H24N2O2S. The van der Waals surface area contributed by atoms with E-state index in [9.17, 15) is 9.90 Å². The van der Waals surface area contributed by atoms with Gasteiger partial charge < -0.3 is 10.0 Å². The first-order valence-electron chi connectivity index (χ1n) is 8.71. The number of hydrogen-bond acceptors (Lipinski definition) is 4. The molecule has 1 aromatic heterocycles. The molecular weight excluding hydrogens is 320 g/mol. The summed E-state index contributed by atoms with van der Waals surface area (Å²) in [4.78, 5) is 16.7. The van der Waals surface area contributed by atoms with Crippen molar-refractivity contribution in [3.8, 4) is 0 Å². The molecule has 2 fully saturated rings. The van der Waals surface area contributed by atoms with E-state index in [4.69, 9.17) is 0 Å². The minimum Gasteiger partial charge on any atom is -0.481 e. The summed E-state index contributed by atoms with van der Waals surface area (Å²) in [5, 5.41) is 13.5. The van der Waals surface area contributed by atoms with Crippen molar-refractivity contribution in [2.75, 3.05) is 26.7 Å². The van der Waals surface area contributed by atoms with Crippen LogP contribution in [0.25, 0.3) is 10.1 Å². The average molecular weight is 344 g/mol. The molecule has 0 bridgehead atoms. The van der Waals surface area contributed by atoms with Gasteiger partial charge in [-0.05, 0) is 61.8 Å². The van der Waals surface area contributed by atoms with E-state index in [-0.39, 0.29) is 6.04 Å². The monoisotopic (exact) mass is 344 g/mol. The second-order valence-corrected chi connectivity index (χ2v) is 8.21. The van der Waals surface area contributed by atoms with Crippen LogP contribution in [0.15, 0.2) is 29.6 Å². The van der Waals surface area contributed by atoms with Gasteiger partial charge in [-0.25, -0.2) is 0 Å². The molecule has 0 aliphatic carbocycles. The van der Waals surface area contributed by atoms with Crippen molar-refractivity contribution in [2.45, 2.75) is 31.8 Å². The van der Waals surface area contributed by atoms with E-state index >= 15 is 0 Å². The molecule has 2 saturated heterocycles. The van der Waals surface area contributed by atoms with Crippen LogP contribution in [0.5, 0.6) is 0 Å². The van der Waals surface area contributed by atoms with Gasteiger partial charge in [0.15, 0.2) is 0 Å². The number of rotatable bonds is 3. The molecule has 1 aromatic carbocycles. The van der Waals surface area contributed by atoms with Crippen LogP contribution in [0.3, 0.4) is 0 Å². The molecule has 2 aliphatic heterocycles. The summed E-state index contributed by atoms with van der Waals surface area (Å²) in [7, 11) is 2.09. The summed E-state index contributed by atoms with van der Waals surface area (Å²) < 4.78 is 1.33. The Hall–Kier alpha value is -1.43. The zero-order valence-corrected chi connectivity index (χ0v) is 14.9. The van der Waals surface area contributed by atoms with Crippen molar-refractivity contribution >= 4 is 27.4 Å². The highest BCUT2D eigenvalue weighted by atomic mass is 32.1. The van der Waals surface area contributed by atoms with Gasteiger partial charge in [-0.1, -0.05) is 18.2 Å². The van der Waals surface area contributed by atoms with Gasteiger partial charge >= 0.3 is 5.97 Å². The zero-order valence-electron chi connectivity index (χ0n) is 14.1. The van der Waals surface area contributed by atoms with Crippen LogP contribution in [0.2, 0.25) is 0 Å². The maximum atomic E-state index is 12.0. The first kappa shape index (κ1) is 16.1. The summed E-state index contributed by atoms with van der Waals surface area (Å²) in [5.41, 5.74) is 0.831. The molecule has 0 spiro atoms. The van der Waals surface area contributed by atoms with E-state index in [2.05, 4.69) is 46.5 Å². The number of carbonyl (C=O) groups is 1. The molecule has 0 radical (unpaired) electrons. The minimum absolute atomic E-state index is 0.127. The Kier molecular flexibility index (Phi) is 4.11. The van der Waals surface area contributed by atoms with Gasteiger partial charge in [-0.2, -0.15) is 0 Å². The van der Waals surface area contributed by atoms with Gasteiger partial charge in [-0.3, -0.25) is 9.69 Å². The van der Waals surface area contributed by atoms with E-state index < -0.39 is 11.4 Å². The first-order chi connectivity index (χ1) is 11.6. The van der Waals surface area contributed by atoms with E-state index in [0.717, 1.165) is 45.4 Å². The van der Waals surface area contributed by atoms with Gasteiger partial charge in [-0.15, -0.1) is 11.3 Å². The number of likely N-dealkylation sites (N-methyl/N-ethyl adjacent to an activating group) is 1. The van der Waals surface area contributed by atoms with Crippen LogP contribution in [-0.2, 0) is 11.3 Å². The summed E-state index contributed by atoms with van der Waals surface area (Å²) in [6.07, 6.45) is 2.58. The van der Waals surface area contributed by atoms with Crippen LogP contribution in [-0.4, -0.2) is 53.6 Å². The molecule has 4 nitrogen and oxygen atoms in total. The number of hydrogen-bond donors (Lipinski definition) is 1. The lowest BCUT2D eigenvalue weighted by Gasteiger charge is -2.51. The van der Waals surface area contributed by atoms with Crippen molar-refractivity contribution in [1.29, 1.82) is 0 Å². The third-order valence-corrected chi connectivity index (χ3v) is 7.00. The van der Waals surface area contributed by atoms with E-state index in [1.807, 2.05) is 0 Å². The number of thiophene rings is 1. The Morgan fingerprint density at radius 2 is 2.17 bits per heavy atom. The number of carboxylic acid groups (broad SMARTS) is 1. The highest BCUT2D eigenvalue weighted by Gasteiger charge is 2.52. The Balaban J connectivity index is 1.56. The maximum absolute atomic E-state index is 12.0. The topological polar surface area (TPSA) is 43.8 Å². The summed E-state index contributed by atoms with van der Waals surface area (Å²) in [6.45, 7) is 3.66. The highest BCUT2D eigenvalue weighted by molar-refractivity contribution is 7.17. The molecule has 2 atom stereocenters. The molecule has 5 heteroatoms. The summed E-state index contributed by atoms with van der Waals surface area (Å²) >= 11 is 1.80. The molecule has 4 rings (SSSR count).